The molecule has 0 aliphatic heterocycles. The van der Waals surface area contributed by atoms with E-state index in [4.69, 9.17) is 10.7 Å². The summed E-state index contributed by atoms with van der Waals surface area (Å²) in [5, 5.41) is 0. The minimum Gasteiger partial charge on any atom is -0.284 e. The highest BCUT2D eigenvalue weighted by atomic mass is 35.7. The smallest absolute Gasteiger partial charge is 0.284 e. The number of hydrogen-bond donors (Lipinski definition) is 0. The Morgan fingerprint density at radius 3 is 2.40 bits per heavy atom. The molecule has 0 amide bonds. The first-order valence-corrected chi connectivity index (χ1v) is 6.07. The van der Waals surface area contributed by atoms with Crippen molar-refractivity contribution in [3.8, 4) is 0 Å². The van der Waals surface area contributed by atoms with Crippen molar-refractivity contribution in [2.24, 2.45) is 0 Å². The first-order valence-electron chi connectivity index (χ1n) is 3.76. The summed E-state index contributed by atoms with van der Waals surface area (Å²) in [5.41, 5.74) is 0. The summed E-state index contributed by atoms with van der Waals surface area (Å²) >= 11 is 0. The molecule has 0 fully saturated rings. The molecule has 15 heavy (non-hydrogen) atoms. The van der Waals surface area contributed by atoms with Crippen LogP contribution in [0.5, 0.6) is 0 Å². The average Bonchev–Trinajstić information content (AvgIpc) is 2.00. The monoisotopic (exact) mass is 262 g/mol. The quantitative estimate of drug-likeness (QED) is 0.717. The molecule has 8 heteroatoms. The van der Waals surface area contributed by atoms with Crippen LogP contribution >= 0.6 is 10.7 Å². The lowest BCUT2D eigenvalue weighted by Gasteiger charge is -2.17. The van der Waals surface area contributed by atoms with Crippen LogP contribution < -0.4 is 0 Å². The van der Waals surface area contributed by atoms with Gasteiger partial charge in [0, 0.05) is 10.7 Å². The molecule has 0 saturated heterocycles. The lowest BCUT2D eigenvalue weighted by atomic mass is 10.1. The molecule has 0 aromatic rings. The Labute approximate surface area is 88.6 Å². The average molecular weight is 263 g/mol. The van der Waals surface area contributed by atoms with Gasteiger partial charge in [0.25, 0.3) is 9.05 Å². The van der Waals surface area contributed by atoms with Gasteiger partial charge >= 0.3 is 6.36 Å². The Bertz CT molecular complexity index is 396. The summed E-state index contributed by atoms with van der Waals surface area (Å²) in [7, 11) is 1.10. The van der Waals surface area contributed by atoms with Gasteiger partial charge in [-0.15, -0.1) is 13.2 Å². The Morgan fingerprint density at radius 2 is 2.07 bits per heavy atom. The lowest BCUT2D eigenvalue weighted by Crippen LogP contribution is -2.23. The van der Waals surface area contributed by atoms with Gasteiger partial charge in [0.1, 0.15) is 0 Å². The van der Waals surface area contributed by atoms with Gasteiger partial charge in [-0.25, -0.2) is 8.42 Å². The molecule has 86 valence electrons. The SMILES string of the molecule is O=S(=O)(Cl)C1=CCC(OC(F)(F)F)C=C1. The molecule has 0 radical (unpaired) electrons. The molecule has 0 aromatic heterocycles. The number of allylic oxidation sites excluding steroid dienone is 1. The van der Waals surface area contributed by atoms with Crippen LogP contribution in [0.3, 0.4) is 0 Å². The van der Waals surface area contributed by atoms with E-state index in [0.717, 1.165) is 18.2 Å². The molecule has 0 aromatic carbocycles. The number of ether oxygens (including phenoxy) is 1. The maximum atomic E-state index is 11.8. The van der Waals surface area contributed by atoms with Gasteiger partial charge < -0.3 is 0 Å². The third kappa shape index (κ3) is 4.23. The molecular weight excluding hydrogens is 257 g/mol. The van der Waals surface area contributed by atoms with Gasteiger partial charge in [0.15, 0.2) is 0 Å². The van der Waals surface area contributed by atoms with E-state index in [1.807, 2.05) is 0 Å². The van der Waals surface area contributed by atoms with E-state index in [1.165, 1.54) is 0 Å². The van der Waals surface area contributed by atoms with Crippen LogP contribution in [0.4, 0.5) is 13.2 Å². The first kappa shape index (κ1) is 12.5. The van der Waals surface area contributed by atoms with Crippen molar-refractivity contribution >= 4 is 19.7 Å². The molecule has 0 spiro atoms. The Morgan fingerprint density at radius 1 is 1.47 bits per heavy atom. The van der Waals surface area contributed by atoms with E-state index in [2.05, 4.69) is 4.74 Å². The molecule has 1 unspecified atom stereocenters. The summed E-state index contributed by atoms with van der Waals surface area (Å²) in [4.78, 5) is -0.216. The van der Waals surface area contributed by atoms with Crippen LogP contribution in [0.15, 0.2) is 23.1 Å². The summed E-state index contributed by atoms with van der Waals surface area (Å²) in [6.45, 7) is 0. The zero-order valence-electron chi connectivity index (χ0n) is 7.16. The predicted octanol–water partition coefficient (Wildman–Crippen LogP) is 2.30. The van der Waals surface area contributed by atoms with Crippen molar-refractivity contribution in [1.29, 1.82) is 0 Å². The minimum absolute atomic E-state index is 0.183. The van der Waals surface area contributed by atoms with Gasteiger partial charge in [0.2, 0.25) is 0 Å². The van der Waals surface area contributed by atoms with E-state index in [9.17, 15) is 21.6 Å². The molecule has 3 nitrogen and oxygen atoms in total. The fourth-order valence-corrected chi connectivity index (χ4v) is 1.90. The third-order valence-corrected chi connectivity index (χ3v) is 2.99. The van der Waals surface area contributed by atoms with Crippen LogP contribution in [0.1, 0.15) is 6.42 Å². The topological polar surface area (TPSA) is 43.4 Å². The fraction of sp³-hybridized carbons (Fsp3) is 0.429. The van der Waals surface area contributed by atoms with Crippen molar-refractivity contribution in [2.75, 3.05) is 0 Å². The minimum atomic E-state index is -4.74. The number of hydrogen-bond acceptors (Lipinski definition) is 3. The van der Waals surface area contributed by atoms with Crippen LogP contribution in [0, 0.1) is 0 Å². The summed E-state index contributed by atoms with van der Waals surface area (Å²) in [5.74, 6) is 0. The maximum absolute atomic E-state index is 11.8. The van der Waals surface area contributed by atoms with Crippen LogP contribution in [0.25, 0.3) is 0 Å². The van der Waals surface area contributed by atoms with E-state index in [-0.39, 0.29) is 11.3 Å². The predicted molar refractivity (Wildman–Crippen MR) is 47.5 cm³/mol. The van der Waals surface area contributed by atoms with Gasteiger partial charge in [-0.3, -0.25) is 4.74 Å². The normalized spacial score (nSPS) is 22.7. The third-order valence-electron chi connectivity index (χ3n) is 1.59. The molecule has 0 N–H and O–H groups in total. The van der Waals surface area contributed by atoms with Crippen molar-refractivity contribution in [1.82, 2.24) is 0 Å². The first-order chi connectivity index (χ1) is 6.68. The van der Waals surface area contributed by atoms with Gasteiger partial charge in [0.05, 0.1) is 11.0 Å². The lowest BCUT2D eigenvalue weighted by molar-refractivity contribution is -0.335. The molecular formula is C7H6ClF3O3S. The second-order valence-corrected chi connectivity index (χ2v) is 5.31. The Kier molecular flexibility index (Phi) is 3.47. The highest BCUT2D eigenvalue weighted by Crippen LogP contribution is 2.26. The largest absolute Gasteiger partial charge is 0.523 e. The molecule has 1 aliphatic carbocycles. The fourth-order valence-electron chi connectivity index (χ4n) is 1.02. The van der Waals surface area contributed by atoms with Crippen LogP contribution in [0.2, 0.25) is 0 Å². The maximum Gasteiger partial charge on any atom is 0.523 e. The number of halogens is 4. The van der Waals surface area contributed by atoms with Crippen molar-refractivity contribution in [3.63, 3.8) is 0 Å². The zero-order valence-corrected chi connectivity index (χ0v) is 8.73. The Balaban J connectivity index is 2.65. The van der Waals surface area contributed by atoms with Gasteiger partial charge in [-0.05, 0) is 12.5 Å². The standard InChI is InChI=1S/C7H6ClF3O3S/c8-15(12,13)6-3-1-5(2-4-6)14-7(9,10)11/h1,3-5H,2H2. The highest BCUT2D eigenvalue weighted by molar-refractivity contribution is 8.17. The summed E-state index contributed by atoms with van der Waals surface area (Å²) < 4.78 is 60.4. The zero-order chi connectivity index (χ0) is 11.7. The molecule has 1 aliphatic rings. The summed E-state index contributed by atoms with van der Waals surface area (Å²) in [6, 6.07) is 0. The van der Waals surface area contributed by atoms with E-state index in [0.29, 0.717) is 0 Å². The molecule has 0 bridgehead atoms. The van der Waals surface area contributed by atoms with Crippen molar-refractivity contribution in [3.05, 3.63) is 23.1 Å². The molecule has 1 atom stereocenters. The molecule has 1 rings (SSSR count). The molecule has 0 heterocycles. The van der Waals surface area contributed by atoms with E-state index >= 15 is 0 Å². The van der Waals surface area contributed by atoms with Gasteiger partial charge in [-0.1, -0.05) is 12.2 Å². The number of rotatable bonds is 2. The second kappa shape index (κ2) is 4.15. The highest BCUT2D eigenvalue weighted by Gasteiger charge is 2.33. The molecule has 0 saturated carbocycles. The Hall–Kier alpha value is -0.530. The van der Waals surface area contributed by atoms with Crippen LogP contribution in [-0.2, 0) is 13.8 Å². The van der Waals surface area contributed by atoms with E-state index in [1.54, 1.807) is 0 Å². The number of alkyl halides is 3. The summed E-state index contributed by atoms with van der Waals surface area (Å²) in [6.07, 6.45) is -3.05. The van der Waals surface area contributed by atoms with Crippen LogP contribution in [-0.4, -0.2) is 20.9 Å². The van der Waals surface area contributed by atoms with Gasteiger partial charge in [-0.2, -0.15) is 0 Å². The van der Waals surface area contributed by atoms with Crippen molar-refractivity contribution in [2.45, 2.75) is 18.9 Å². The second-order valence-electron chi connectivity index (χ2n) is 2.74. The van der Waals surface area contributed by atoms with E-state index < -0.39 is 21.5 Å². The van der Waals surface area contributed by atoms with Crippen molar-refractivity contribution < 1.29 is 26.3 Å².